The Balaban J connectivity index is 1.39. The molecule has 0 unspecified atom stereocenters. The van der Waals surface area contributed by atoms with Crippen LogP contribution >= 0.6 is 22.9 Å². The number of amides is 2. The smallest absolute Gasteiger partial charge is 0.231 e. The molecule has 0 spiro atoms. The molecule has 0 bridgehead atoms. The topological polar surface area (TPSA) is 93.7 Å². The fourth-order valence-corrected chi connectivity index (χ4v) is 4.58. The predicted octanol–water partition coefficient (Wildman–Crippen LogP) is 4.10. The molecule has 1 aliphatic rings. The molecule has 2 amide bonds. The van der Waals surface area contributed by atoms with Gasteiger partial charge in [0.15, 0.2) is 11.5 Å². The fraction of sp³-hybridized carbons (Fsp3) is 0.304. The van der Waals surface area contributed by atoms with Crippen molar-refractivity contribution in [2.75, 3.05) is 31.0 Å². The lowest BCUT2D eigenvalue weighted by Crippen LogP contribution is -2.28. The molecule has 1 saturated heterocycles. The molecule has 1 fully saturated rings. The van der Waals surface area contributed by atoms with Gasteiger partial charge >= 0.3 is 0 Å². The van der Waals surface area contributed by atoms with Crippen molar-refractivity contribution in [1.82, 2.24) is 10.2 Å². The van der Waals surface area contributed by atoms with Gasteiger partial charge in [-0.05, 0) is 42.3 Å². The Hall–Kier alpha value is -3.17. The summed E-state index contributed by atoms with van der Waals surface area (Å²) in [6, 6.07) is 11.1. The zero-order valence-electron chi connectivity index (χ0n) is 18.4. The van der Waals surface area contributed by atoms with E-state index in [9.17, 15) is 9.59 Å². The van der Waals surface area contributed by atoms with Crippen LogP contribution in [0, 0.1) is 12.8 Å². The number of ether oxygens (including phenoxy) is 2. The molecule has 1 aromatic heterocycles. The van der Waals surface area contributed by atoms with Gasteiger partial charge in [-0.25, -0.2) is 0 Å². The van der Waals surface area contributed by atoms with Gasteiger partial charge in [0.2, 0.25) is 16.9 Å². The van der Waals surface area contributed by atoms with Crippen molar-refractivity contribution >= 4 is 45.6 Å². The second-order valence-corrected chi connectivity index (χ2v) is 9.16. The van der Waals surface area contributed by atoms with E-state index in [1.165, 1.54) is 11.3 Å². The summed E-state index contributed by atoms with van der Waals surface area (Å²) in [5.74, 6) is 0.452. The number of hydrogen-bond donors (Lipinski definition) is 1. The van der Waals surface area contributed by atoms with Gasteiger partial charge in [0.05, 0.1) is 20.1 Å². The van der Waals surface area contributed by atoms with E-state index in [2.05, 4.69) is 15.5 Å². The van der Waals surface area contributed by atoms with Crippen LogP contribution in [0.4, 0.5) is 10.8 Å². The molecule has 2 aromatic carbocycles. The van der Waals surface area contributed by atoms with E-state index in [0.29, 0.717) is 40.3 Å². The van der Waals surface area contributed by atoms with Crippen molar-refractivity contribution in [2.45, 2.75) is 19.8 Å². The van der Waals surface area contributed by atoms with Crippen molar-refractivity contribution in [3.8, 4) is 11.5 Å². The lowest BCUT2D eigenvalue weighted by atomic mass is 10.1. The zero-order valence-corrected chi connectivity index (χ0v) is 20.0. The van der Waals surface area contributed by atoms with Gasteiger partial charge in [0.1, 0.15) is 5.01 Å². The van der Waals surface area contributed by atoms with Crippen molar-refractivity contribution in [1.29, 1.82) is 0 Å². The fourth-order valence-electron chi connectivity index (χ4n) is 3.63. The molecule has 0 saturated carbocycles. The van der Waals surface area contributed by atoms with E-state index in [0.717, 1.165) is 16.1 Å². The number of nitrogens with zero attached hydrogens (tertiary/aromatic N) is 3. The first kappa shape index (κ1) is 23.0. The number of anilines is 2. The molecule has 2 heterocycles. The van der Waals surface area contributed by atoms with Gasteiger partial charge in [0, 0.05) is 30.1 Å². The molecule has 10 heteroatoms. The van der Waals surface area contributed by atoms with E-state index in [-0.39, 0.29) is 18.2 Å². The molecule has 33 heavy (non-hydrogen) atoms. The molecule has 1 N–H and O–H groups in total. The summed E-state index contributed by atoms with van der Waals surface area (Å²) >= 11 is 7.49. The van der Waals surface area contributed by atoms with Gasteiger partial charge in [-0.1, -0.05) is 35.1 Å². The molecule has 1 aliphatic heterocycles. The van der Waals surface area contributed by atoms with Crippen LogP contribution in [-0.4, -0.2) is 42.8 Å². The van der Waals surface area contributed by atoms with E-state index >= 15 is 0 Å². The first-order valence-corrected chi connectivity index (χ1v) is 11.5. The van der Waals surface area contributed by atoms with Crippen LogP contribution in [0.25, 0.3) is 0 Å². The summed E-state index contributed by atoms with van der Waals surface area (Å²) in [4.78, 5) is 26.9. The molecule has 4 rings (SSSR count). The number of carbonyl (C=O) groups is 2. The number of benzene rings is 2. The second kappa shape index (κ2) is 9.76. The number of hydrogen-bond acceptors (Lipinski definition) is 7. The number of rotatable bonds is 7. The van der Waals surface area contributed by atoms with Gasteiger partial charge in [-0.2, -0.15) is 0 Å². The Morgan fingerprint density at radius 1 is 1.18 bits per heavy atom. The van der Waals surface area contributed by atoms with Crippen molar-refractivity contribution in [2.24, 2.45) is 5.92 Å². The lowest BCUT2D eigenvalue weighted by molar-refractivity contribution is -0.122. The number of halogens is 1. The molecule has 3 aromatic rings. The highest BCUT2D eigenvalue weighted by Gasteiger charge is 2.35. The van der Waals surface area contributed by atoms with Crippen molar-refractivity contribution in [3.05, 3.63) is 57.6 Å². The largest absolute Gasteiger partial charge is 0.493 e. The van der Waals surface area contributed by atoms with Crippen LogP contribution in [0.1, 0.15) is 22.6 Å². The average Bonchev–Trinajstić information content (AvgIpc) is 3.41. The standard InChI is InChI=1S/C23H23ClN4O4S/c1-13-4-6-16(11-17(13)24)28-12-15(10-21(28)29)22(30)25-23-27-26-20(33-23)9-14-5-7-18(31-2)19(8-14)32-3/h4-8,11,15H,9-10,12H2,1-3H3,(H,25,27,30)/t15-/m1/s1. The Morgan fingerprint density at radius 3 is 2.70 bits per heavy atom. The SMILES string of the molecule is COc1ccc(Cc2nnc(NC(=O)[C@@H]3CC(=O)N(c4ccc(C)c(Cl)c4)C3)s2)cc1OC. The second-order valence-electron chi connectivity index (χ2n) is 7.70. The zero-order chi connectivity index (χ0) is 23.5. The Labute approximate surface area is 200 Å². The quantitative estimate of drug-likeness (QED) is 0.540. The third kappa shape index (κ3) is 5.09. The highest BCUT2D eigenvalue weighted by Crippen LogP contribution is 2.31. The van der Waals surface area contributed by atoms with Gasteiger partial charge in [0.25, 0.3) is 0 Å². The van der Waals surface area contributed by atoms with Gasteiger partial charge < -0.3 is 19.7 Å². The number of aromatic nitrogens is 2. The van der Waals surface area contributed by atoms with Crippen LogP contribution in [-0.2, 0) is 16.0 Å². The summed E-state index contributed by atoms with van der Waals surface area (Å²) in [5, 5.41) is 12.8. The number of aryl methyl sites for hydroxylation is 1. The van der Waals surface area contributed by atoms with Crippen LogP contribution in [0.2, 0.25) is 5.02 Å². The van der Waals surface area contributed by atoms with Crippen LogP contribution in [0.3, 0.4) is 0 Å². The Kier molecular flexibility index (Phi) is 6.80. The lowest BCUT2D eigenvalue weighted by Gasteiger charge is -2.17. The highest BCUT2D eigenvalue weighted by molar-refractivity contribution is 7.15. The minimum atomic E-state index is -0.476. The maximum Gasteiger partial charge on any atom is 0.231 e. The monoisotopic (exact) mass is 486 g/mol. The first-order chi connectivity index (χ1) is 15.9. The average molecular weight is 487 g/mol. The molecule has 0 radical (unpaired) electrons. The number of methoxy groups -OCH3 is 2. The first-order valence-electron chi connectivity index (χ1n) is 10.3. The molecule has 172 valence electrons. The minimum Gasteiger partial charge on any atom is -0.493 e. The van der Waals surface area contributed by atoms with Crippen LogP contribution in [0.15, 0.2) is 36.4 Å². The normalized spacial score (nSPS) is 15.6. The van der Waals surface area contributed by atoms with Crippen molar-refractivity contribution in [3.63, 3.8) is 0 Å². The van der Waals surface area contributed by atoms with Gasteiger partial charge in [-0.15, -0.1) is 10.2 Å². The Morgan fingerprint density at radius 2 is 1.97 bits per heavy atom. The molecule has 0 aliphatic carbocycles. The van der Waals surface area contributed by atoms with Crippen LogP contribution < -0.4 is 19.7 Å². The predicted molar refractivity (Wildman–Crippen MR) is 128 cm³/mol. The molecular weight excluding hydrogens is 464 g/mol. The van der Waals surface area contributed by atoms with Gasteiger partial charge in [-0.3, -0.25) is 9.59 Å². The molecule has 8 nitrogen and oxygen atoms in total. The summed E-state index contributed by atoms with van der Waals surface area (Å²) in [6.45, 7) is 2.19. The number of carbonyl (C=O) groups excluding carboxylic acids is 2. The highest BCUT2D eigenvalue weighted by atomic mass is 35.5. The Bertz CT molecular complexity index is 1200. The third-order valence-electron chi connectivity index (χ3n) is 5.46. The van der Waals surface area contributed by atoms with E-state index in [1.54, 1.807) is 25.2 Å². The molecular formula is C23H23ClN4O4S. The van der Waals surface area contributed by atoms with Crippen molar-refractivity contribution < 1.29 is 19.1 Å². The van der Waals surface area contributed by atoms with E-state index in [4.69, 9.17) is 21.1 Å². The minimum absolute atomic E-state index is 0.110. The summed E-state index contributed by atoms with van der Waals surface area (Å²) in [5.41, 5.74) is 2.61. The molecule has 1 atom stereocenters. The maximum atomic E-state index is 12.8. The summed E-state index contributed by atoms with van der Waals surface area (Å²) in [7, 11) is 3.17. The number of nitrogens with one attached hydrogen (secondary N) is 1. The summed E-state index contributed by atoms with van der Waals surface area (Å²) in [6.07, 6.45) is 0.673. The maximum absolute atomic E-state index is 12.8. The third-order valence-corrected chi connectivity index (χ3v) is 6.71. The van der Waals surface area contributed by atoms with Crippen LogP contribution in [0.5, 0.6) is 11.5 Å². The van der Waals surface area contributed by atoms with E-state index < -0.39 is 5.92 Å². The summed E-state index contributed by atoms with van der Waals surface area (Å²) < 4.78 is 10.6. The van der Waals surface area contributed by atoms with E-state index in [1.807, 2.05) is 37.3 Å².